The molecular formula is C10H17N3O. The molecule has 0 aliphatic carbocycles. The molecule has 0 radical (unpaired) electrons. The van der Waals surface area contributed by atoms with Crippen molar-refractivity contribution in [1.29, 1.82) is 0 Å². The molecular weight excluding hydrogens is 178 g/mol. The van der Waals surface area contributed by atoms with Crippen LogP contribution < -0.4 is 5.73 Å². The van der Waals surface area contributed by atoms with E-state index in [1.807, 2.05) is 12.5 Å². The lowest BCUT2D eigenvalue weighted by Gasteiger charge is -2.18. The minimum Gasteiger partial charge on any atom is -0.381 e. The second-order valence-electron chi connectivity index (χ2n) is 3.75. The second-order valence-corrected chi connectivity index (χ2v) is 3.75. The number of hydrogen-bond acceptors (Lipinski definition) is 3. The van der Waals surface area contributed by atoms with Gasteiger partial charge in [0.1, 0.15) is 0 Å². The lowest BCUT2D eigenvalue weighted by molar-refractivity contribution is 0.180. The Morgan fingerprint density at radius 3 is 3.29 bits per heavy atom. The summed E-state index contributed by atoms with van der Waals surface area (Å²) in [6.07, 6.45) is 4.77. The highest BCUT2D eigenvalue weighted by molar-refractivity contribution is 5.06. The maximum atomic E-state index is 6.18. The van der Waals surface area contributed by atoms with E-state index in [9.17, 15) is 0 Å². The Kier molecular flexibility index (Phi) is 2.84. The molecule has 2 rings (SSSR count). The summed E-state index contributed by atoms with van der Waals surface area (Å²) in [7, 11) is 0. The number of ether oxygens (including phenoxy) is 1. The molecule has 2 heterocycles. The lowest BCUT2D eigenvalue weighted by atomic mass is 9.97. The third-order valence-corrected chi connectivity index (χ3v) is 2.90. The fourth-order valence-corrected chi connectivity index (χ4v) is 1.95. The van der Waals surface area contributed by atoms with Gasteiger partial charge in [0.25, 0.3) is 0 Å². The molecule has 0 saturated carbocycles. The van der Waals surface area contributed by atoms with E-state index in [4.69, 9.17) is 10.5 Å². The highest BCUT2D eigenvalue weighted by atomic mass is 16.5. The highest BCUT2D eigenvalue weighted by Crippen LogP contribution is 2.26. The third-order valence-electron chi connectivity index (χ3n) is 2.90. The van der Waals surface area contributed by atoms with E-state index >= 15 is 0 Å². The number of imidazole rings is 1. The number of aryl methyl sites for hydroxylation is 1. The zero-order valence-electron chi connectivity index (χ0n) is 8.52. The first kappa shape index (κ1) is 9.68. The SMILES string of the molecule is CCn1cncc1C(N)C1CCOC1. The Balaban J connectivity index is 2.12. The van der Waals surface area contributed by atoms with E-state index in [0.29, 0.717) is 5.92 Å². The summed E-state index contributed by atoms with van der Waals surface area (Å²) < 4.78 is 7.44. The number of hydrogen-bond donors (Lipinski definition) is 1. The largest absolute Gasteiger partial charge is 0.381 e. The van der Waals surface area contributed by atoms with Gasteiger partial charge < -0.3 is 15.0 Å². The number of nitrogens with zero attached hydrogens (tertiary/aromatic N) is 2. The second kappa shape index (κ2) is 4.11. The fraction of sp³-hybridized carbons (Fsp3) is 0.700. The summed E-state index contributed by atoms with van der Waals surface area (Å²) in [4.78, 5) is 4.13. The molecule has 0 amide bonds. The predicted molar refractivity (Wildman–Crippen MR) is 53.8 cm³/mol. The Bertz CT molecular complexity index is 291. The first-order valence-corrected chi connectivity index (χ1v) is 5.16. The van der Waals surface area contributed by atoms with Crippen molar-refractivity contribution in [1.82, 2.24) is 9.55 Å². The van der Waals surface area contributed by atoms with Crippen LogP contribution in [0.1, 0.15) is 25.1 Å². The number of rotatable bonds is 3. The molecule has 1 saturated heterocycles. The fourth-order valence-electron chi connectivity index (χ4n) is 1.95. The van der Waals surface area contributed by atoms with Gasteiger partial charge in [-0.05, 0) is 13.3 Å². The lowest BCUT2D eigenvalue weighted by Crippen LogP contribution is -2.24. The molecule has 1 aromatic rings. The van der Waals surface area contributed by atoms with Gasteiger partial charge in [0, 0.05) is 25.3 Å². The van der Waals surface area contributed by atoms with Crippen molar-refractivity contribution >= 4 is 0 Å². The standard InChI is InChI=1S/C10H17N3O/c1-2-13-7-12-5-9(13)10(11)8-3-4-14-6-8/h5,7-8,10H,2-4,6,11H2,1H3. The Morgan fingerprint density at radius 1 is 1.79 bits per heavy atom. The summed E-state index contributed by atoms with van der Waals surface area (Å²) >= 11 is 0. The molecule has 0 bridgehead atoms. The van der Waals surface area contributed by atoms with Gasteiger partial charge in [-0.2, -0.15) is 0 Å². The maximum absolute atomic E-state index is 6.18. The van der Waals surface area contributed by atoms with Crippen molar-refractivity contribution in [3.63, 3.8) is 0 Å². The van der Waals surface area contributed by atoms with Gasteiger partial charge >= 0.3 is 0 Å². The maximum Gasteiger partial charge on any atom is 0.0948 e. The molecule has 2 atom stereocenters. The van der Waals surface area contributed by atoms with Crippen LogP contribution in [0.15, 0.2) is 12.5 Å². The van der Waals surface area contributed by atoms with Gasteiger partial charge in [-0.3, -0.25) is 0 Å². The van der Waals surface area contributed by atoms with Crippen molar-refractivity contribution < 1.29 is 4.74 Å². The summed E-state index contributed by atoms with van der Waals surface area (Å²) in [6.45, 7) is 4.66. The normalized spacial score (nSPS) is 24.0. The summed E-state index contributed by atoms with van der Waals surface area (Å²) in [5, 5.41) is 0. The molecule has 1 aromatic heterocycles. The molecule has 0 aromatic carbocycles. The summed E-state index contributed by atoms with van der Waals surface area (Å²) in [6, 6.07) is 0.0694. The Labute approximate surface area is 84.1 Å². The molecule has 1 fully saturated rings. The minimum atomic E-state index is 0.0694. The van der Waals surface area contributed by atoms with Crippen molar-refractivity contribution in [2.75, 3.05) is 13.2 Å². The molecule has 2 N–H and O–H groups in total. The quantitative estimate of drug-likeness (QED) is 0.781. The summed E-state index contributed by atoms with van der Waals surface area (Å²) in [5.74, 6) is 0.456. The molecule has 0 spiro atoms. The molecule has 14 heavy (non-hydrogen) atoms. The minimum absolute atomic E-state index is 0.0694. The van der Waals surface area contributed by atoms with E-state index in [2.05, 4.69) is 16.5 Å². The molecule has 4 heteroatoms. The smallest absolute Gasteiger partial charge is 0.0948 e. The Morgan fingerprint density at radius 2 is 2.64 bits per heavy atom. The van der Waals surface area contributed by atoms with Gasteiger partial charge in [-0.1, -0.05) is 0 Å². The molecule has 1 aliphatic rings. The van der Waals surface area contributed by atoms with Crippen molar-refractivity contribution in [3.05, 3.63) is 18.2 Å². The van der Waals surface area contributed by atoms with Gasteiger partial charge in [0.15, 0.2) is 0 Å². The van der Waals surface area contributed by atoms with Crippen LogP contribution in [0, 0.1) is 5.92 Å². The number of aromatic nitrogens is 2. The van der Waals surface area contributed by atoms with Crippen LogP contribution in [0.3, 0.4) is 0 Å². The van der Waals surface area contributed by atoms with Crippen LogP contribution in [0.4, 0.5) is 0 Å². The molecule has 78 valence electrons. The van der Waals surface area contributed by atoms with Gasteiger partial charge in [0.2, 0.25) is 0 Å². The van der Waals surface area contributed by atoms with E-state index in [1.54, 1.807) is 0 Å². The van der Waals surface area contributed by atoms with Crippen LogP contribution in [-0.2, 0) is 11.3 Å². The van der Waals surface area contributed by atoms with E-state index in [0.717, 1.165) is 31.9 Å². The monoisotopic (exact) mass is 195 g/mol. The van der Waals surface area contributed by atoms with Gasteiger partial charge in [-0.25, -0.2) is 4.98 Å². The number of nitrogens with two attached hydrogens (primary N) is 1. The van der Waals surface area contributed by atoms with Gasteiger partial charge in [-0.15, -0.1) is 0 Å². The van der Waals surface area contributed by atoms with Crippen LogP contribution in [-0.4, -0.2) is 22.8 Å². The topological polar surface area (TPSA) is 53.1 Å². The molecule has 1 aliphatic heterocycles. The first-order valence-electron chi connectivity index (χ1n) is 5.16. The van der Waals surface area contributed by atoms with Crippen LogP contribution in [0.2, 0.25) is 0 Å². The third kappa shape index (κ3) is 1.67. The van der Waals surface area contributed by atoms with Crippen molar-refractivity contribution in [2.24, 2.45) is 11.7 Å². The highest BCUT2D eigenvalue weighted by Gasteiger charge is 2.25. The van der Waals surface area contributed by atoms with Crippen molar-refractivity contribution in [2.45, 2.75) is 25.9 Å². The van der Waals surface area contributed by atoms with E-state index in [-0.39, 0.29) is 6.04 Å². The summed E-state index contributed by atoms with van der Waals surface area (Å²) in [5.41, 5.74) is 7.31. The predicted octanol–water partition coefficient (Wildman–Crippen LogP) is 0.939. The van der Waals surface area contributed by atoms with E-state index < -0.39 is 0 Å². The van der Waals surface area contributed by atoms with Crippen molar-refractivity contribution in [3.8, 4) is 0 Å². The van der Waals surface area contributed by atoms with Crippen LogP contribution >= 0.6 is 0 Å². The zero-order valence-corrected chi connectivity index (χ0v) is 8.52. The molecule has 2 unspecified atom stereocenters. The average Bonchev–Trinajstić information content (AvgIpc) is 2.87. The average molecular weight is 195 g/mol. The van der Waals surface area contributed by atoms with E-state index in [1.165, 1.54) is 0 Å². The van der Waals surface area contributed by atoms with Gasteiger partial charge in [0.05, 0.1) is 24.7 Å². The van der Waals surface area contributed by atoms with Crippen LogP contribution in [0.5, 0.6) is 0 Å². The Hall–Kier alpha value is -0.870. The zero-order chi connectivity index (χ0) is 9.97. The van der Waals surface area contributed by atoms with Crippen LogP contribution in [0.25, 0.3) is 0 Å². The molecule has 4 nitrogen and oxygen atoms in total. The first-order chi connectivity index (χ1) is 6.83.